The van der Waals surface area contributed by atoms with Gasteiger partial charge in [0.1, 0.15) is 0 Å². The third-order valence-electron chi connectivity index (χ3n) is 3.93. The van der Waals surface area contributed by atoms with E-state index < -0.39 is 0 Å². The first-order valence-corrected chi connectivity index (χ1v) is 7.60. The van der Waals surface area contributed by atoms with Gasteiger partial charge in [-0.1, -0.05) is 31.6 Å². The highest BCUT2D eigenvalue weighted by molar-refractivity contribution is 5.06. The van der Waals surface area contributed by atoms with Crippen LogP contribution in [0.3, 0.4) is 0 Å². The van der Waals surface area contributed by atoms with Gasteiger partial charge in [0, 0.05) is 12.0 Å². The Labute approximate surface area is 114 Å². The molecule has 18 heavy (non-hydrogen) atoms. The van der Waals surface area contributed by atoms with Crippen LogP contribution >= 0.6 is 0 Å². The van der Waals surface area contributed by atoms with Crippen LogP contribution in [0.4, 0.5) is 0 Å². The molecule has 0 aliphatic heterocycles. The summed E-state index contributed by atoms with van der Waals surface area (Å²) in [7, 11) is 4.25. The standard InChI is InChI=1S/C16H30N2/c1-4-5-6-13-18(3)14-7-8-15-9-11-16(17-2)12-10-15/h15-17H,4-6,9-14H2,1-3H3/t15-,16-. The lowest BCUT2D eigenvalue weighted by atomic mass is 9.86. The Morgan fingerprint density at radius 1 is 1.17 bits per heavy atom. The van der Waals surface area contributed by atoms with Crippen molar-refractivity contribution in [1.82, 2.24) is 10.2 Å². The molecule has 0 atom stereocenters. The number of hydrogen-bond acceptors (Lipinski definition) is 2. The van der Waals surface area contributed by atoms with E-state index in [9.17, 15) is 0 Å². The lowest BCUT2D eigenvalue weighted by Crippen LogP contribution is -2.29. The van der Waals surface area contributed by atoms with Crippen molar-refractivity contribution in [3.8, 4) is 11.8 Å². The van der Waals surface area contributed by atoms with Crippen molar-refractivity contribution in [3.63, 3.8) is 0 Å². The van der Waals surface area contributed by atoms with Crippen molar-refractivity contribution in [2.75, 3.05) is 27.2 Å². The van der Waals surface area contributed by atoms with Gasteiger partial charge in [0.15, 0.2) is 0 Å². The van der Waals surface area contributed by atoms with Crippen molar-refractivity contribution in [2.45, 2.75) is 57.9 Å². The maximum atomic E-state index is 3.47. The molecule has 1 rings (SSSR count). The highest BCUT2D eigenvalue weighted by Gasteiger charge is 2.17. The summed E-state index contributed by atoms with van der Waals surface area (Å²) in [6.07, 6.45) is 9.09. The maximum absolute atomic E-state index is 3.47. The highest BCUT2D eigenvalue weighted by Crippen LogP contribution is 2.23. The van der Waals surface area contributed by atoms with E-state index in [4.69, 9.17) is 0 Å². The molecule has 1 N–H and O–H groups in total. The summed E-state index contributed by atoms with van der Waals surface area (Å²) in [6.45, 7) is 4.38. The summed E-state index contributed by atoms with van der Waals surface area (Å²) in [5.41, 5.74) is 0. The summed E-state index contributed by atoms with van der Waals surface area (Å²) < 4.78 is 0. The van der Waals surface area contributed by atoms with Gasteiger partial charge in [0.05, 0.1) is 6.54 Å². The third-order valence-corrected chi connectivity index (χ3v) is 3.93. The van der Waals surface area contributed by atoms with Crippen LogP contribution in [-0.4, -0.2) is 38.1 Å². The van der Waals surface area contributed by atoms with Gasteiger partial charge >= 0.3 is 0 Å². The van der Waals surface area contributed by atoms with Crippen molar-refractivity contribution in [1.29, 1.82) is 0 Å². The van der Waals surface area contributed by atoms with Gasteiger partial charge in [-0.3, -0.25) is 4.90 Å². The molecule has 1 saturated carbocycles. The van der Waals surface area contributed by atoms with Gasteiger partial charge in [-0.15, -0.1) is 0 Å². The van der Waals surface area contributed by atoms with Crippen molar-refractivity contribution in [2.24, 2.45) is 5.92 Å². The van der Waals surface area contributed by atoms with Crippen molar-refractivity contribution in [3.05, 3.63) is 0 Å². The molecule has 0 amide bonds. The van der Waals surface area contributed by atoms with Gasteiger partial charge in [0.2, 0.25) is 0 Å². The van der Waals surface area contributed by atoms with Crippen LogP contribution in [0.15, 0.2) is 0 Å². The molecule has 104 valence electrons. The van der Waals surface area contributed by atoms with Crippen LogP contribution in [0, 0.1) is 17.8 Å². The predicted molar refractivity (Wildman–Crippen MR) is 79.6 cm³/mol. The number of rotatable bonds is 6. The molecule has 2 nitrogen and oxygen atoms in total. The fraction of sp³-hybridized carbons (Fsp3) is 0.875. The Morgan fingerprint density at radius 2 is 1.89 bits per heavy atom. The molecule has 0 unspecified atom stereocenters. The maximum Gasteiger partial charge on any atom is 0.0599 e. The molecule has 0 saturated heterocycles. The minimum absolute atomic E-state index is 0.652. The normalized spacial score (nSPS) is 23.8. The summed E-state index contributed by atoms with van der Waals surface area (Å²) in [5, 5.41) is 3.37. The Balaban J connectivity index is 2.13. The molecule has 0 bridgehead atoms. The van der Waals surface area contributed by atoms with Crippen molar-refractivity contribution < 1.29 is 0 Å². The summed E-state index contributed by atoms with van der Waals surface area (Å²) >= 11 is 0. The smallest absolute Gasteiger partial charge is 0.0599 e. The van der Waals surface area contributed by atoms with E-state index in [-0.39, 0.29) is 0 Å². The zero-order valence-electron chi connectivity index (χ0n) is 12.5. The van der Waals surface area contributed by atoms with Crippen LogP contribution < -0.4 is 5.32 Å². The molecule has 2 heteroatoms. The van der Waals surface area contributed by atoms with Crippen LogP contribution in [0.1, 0.15) is 51.9 Å². The average Bonchev–Trinajstić information content (AvgIpc) is 2.40. The van der Waals surface area contributed by atoms with Gasteiger partial charge in [-0.05, 0) is 52.7 Å². The lowest BCUT2D eigenvalue weighted by molar-refractivity contribution is 0.346. The first kappa shape index (κ1) is 15.5. The quantitative estimate of drug-likeness (QED) is 0.576. The Kier molecular flexibility index (Phi) is 8.13. The zero-order chi connectivity index (χ0) is 13.2. The second-order valence-electron chi connectivity index (χ2n) is 5.60. The lowest BCUT2D eigenvalue weighted by Gasteiger charge is -2.25. The second kappa shape index (κ2) is 9.42. The van der Waals surface area contributed by atoms with E-state index in [0.29, 0.717) is 5.92 Å². The Bertz CT molecular complexity index is 256. The Hall–Kier alpha value is -0.520. The van der Waals surface area contributed by atoms with Gasteiger partial charge in [0.25, 0.3) is 0 Å². The van der Waals surface area contributed by atoms with E-state index in [2.05, 4.69) is 43.1 Å². The monoisotopic (exact) mass is 250 g/mol. The van der Waals surface area contributed by atoms with E-state index in [1.54, 1.807) is 0 Å². The molecule has 0 spiro atoms. The molecule has 1 fully saturated rings. The van der Waals surface area contributed by atoms with E-state index in [1.807, 2.05) is 0 Å². The molecule has 0 aromatic heterocycles. The number of nitrogens with one attached hydrogen (secondary N) is 1. The van der Waals surface area contributed by atoms with Gasteiger partial charge < -0.3 is 5.32 Å². The van der Waals surface area contributed by atoms with Gasteiger partial charge in [-0.2, -0.15) is 0 Å². The minimum atomic E-state index is 0.652. The third kappa shape index (κ3) is 6.42. The predicted octanol–water partition coefficient (Wildman–Crippen LogP) is 2.89. The largest absolute Gasteiger partial charge is 0.317 e. The topological polar surface area (TPSA) is 15.3 Å². The first-order chi connectivity index (χ1) is 8.76. The highest BCUT2D eigenvalue weighted by atomic mass is 15.1. The number of nitrogens with zero attached hydrogens (tertiary/aromatic N) is 1. The number of hydrogen-bond donors (Lipinski definition) is 1. The Morgan fingerprint density at radius 3 is 2.50 bits per heavy atom. The van der Waals surface area contributed by atoms with E-state index >= 15 is 0 Å². The molecular formula is C16H30N2. The molecule has 0 radical (unpaired) electrons. The molecule has 1 aliphatic carbocycles. The first-order valence-electron chi connectivity index (χ1n) is 7.60. The summed E-state index contributed by atoms with van der Waals surface area (Å²) in [4.78, 5) is 2.35. The zero-order valence-corrected chi connectivity index (χ0v) is 12.5. The molecule has 0 aromatic rings. The minimum Gasteiger partial charge on any atom is -0.317 e. The summed E-state index contributed by atoms with van der Waals surface area (Å²) in [6, 6.07) is 0.736. The molecule has 0 heterocycles. The van der Waals surface area contributed by atoms with Crippen LogP contribution in [0.5, 0.6) is 0 Å². The SMILES string of the molecule is CCCCCN(C)CC#C[C@H]1CC[C@H](NC)CC1. The number of unbranched alkanes of at least 4 members (excludes halogenated alkanes) is 2. The second-order valence-corrected chi connectivity index (χ2v) is 5.60. The van der Waals surface area contributed by atoms with Crippen LogP contribution in [0.2, 0.25) is 0 Å². The molecular weight excluding hydrogens is 220 g/mol. The van der Waals surface area contributed by atoms with Crippen molar-refractivity contribution >= 4 is 0 Å². The van der Waals surface area contributed by atoms with E-state index in [1.165, 1.54) is 51.5 Å². The van der Waals surface area contributed by atoms with E-state index in [0.717, 1.165) is 12.6 Å². The van der Waals surface area contributed by atoms with Crippen LogP contribution in [-0.2, 0) is 0 Å². The fourth-order valence-electron chi connectivity index (χ4n) is 2.56. The molecule has 1 aliphatic rings. The molecule has 0 aromatic carbocycles. The summed E-state index contributed by atoms with van der Waals surface area (Å²) in [5.74, 6) is 7.49. The fourth-order valence-corrected chi connectivity index (χ4v) is 2.56. The van der Waals surface area contributed by atoms with Gasteiger partial charge in [-0.25, -0.2) is 0 Å². The average molecular weight is 250 g/mol. The van der Waals surface area contributed by atoms with Crippen LogP contribution in [0.25, 0.3) is 0 Å².